The third-order valence-corrected chi connectivity index (χ3v) is 5.03. The first-order valence-electron chi connectivity index (χ1n) is 9.77. The number of aromatic nitrogens is 2. The number of hydrogen-bond acceptors (Lipinski definition) is 6. The van der Waals surface area contributed by atoms with E-state index in [9.17, 15) is 14.4 Å². The van der Waals surface area contributed by atoms with E-state index in [4.69, 9.17) is 15.0 Å². The van der Waals surface area contributed by atoms with E-state index in [0.29, 0.717) is 29.4 Å². The van der Waals surface area contributed by atoms with E-state index < -0.39 is 17.8 Å². The van der Waals surface area contributed by atoms with E-state index in [1.165, 1.54) is 12.3 Å². The van der Waals surface area contributed by atoms with Gasteiger partial charge in [0.2, 0.25) is 0 Å². The van der Waals surface area contributed by atoms with Crippen LogP contribution in [-0.4, -0.2) is 34.1 Å². The number of nitrogens with zero attached hydrogens (tertiary/aromatic N) is 2. The van der Waals surface area contributed by atoms with Gasteiger partial charge in [-0.2, -0.15) is 0 Å². The smallest absolute Gasteiger partial charge is 0.355 e. The quantitative estimate of drug-likeness (QED) is 0.474. The lowest BCUT2D eigenvalue weighted by atomic mass is 9.98. The summed E-state index contributed by atoms with van der Waals surface area (Å²) in [5.41, 5.74) is 6.87. The lowest BCUT2D eigenvalue weighted by Crippen LogP contribution is -2.24. The predicted octanol–water partition coefficient (Wildman–Crippen LogP) is 3.43. The number of carbonyl (C=O) groups is 3. The highest BCUT2D eigenvalue weighted by Gasteiger charge is 2.29. The highest BCUT2D eigenvalue weighted by atomic mass is 16.5. The van der Waals surface area contributed by atoms with Crippen LogP contribution >= 0.6 is 0 Å². The van der Waals surface area contributed by atoms with Gasteiger partial charge in [0.25, 0.3) is 0 Å². The van der Waals surface area contributed by atoms with Crippen LogP contribution in [0.2, 0.25) is 0 Å². The van der Waals surface area contributed by atoms with E-state index in [0.717, 1.165) is 23.0 Å². The third-order valence-electron chi connectivity index (χ3n) is 5.03. The zero-order valence-corrected chi connectivity index (χ0v) is 16.5. The summed E-state index contributed by atoms with van der Waals surface area (Å²) in [6.07, 6.45) is 3.74. The van der Waals surface area contributed by atoms with Crippen LogP contribution < -0.4 is 5.73 Å². The maximum atomic E-state index is 13.4. The van der Waals surface area contributed by atoms with Crippen LogP contribution in [0.1, 0.15) is 51.9 Å². The third kappa shape index (κ3) is 3.76. The molecule has 2 heterocycles. The number of rotatable bonds is 7. The molecule has 4 rings (SSSR count). The van der Waals surface area contributed by atoms with Crippen molar-refractivity contribution in [2.75, 3.05) is 6.61 Å². The van der Waals surface area contributed by atoms with Crippen molar-refractivity contribution < 1.29 is 23.6 Å². The normalized spacial score (nSPS) is 13.2. The van der Waals surface area contributed by atoms with Crippen LogP contribution in [0.15, 0.2) is 47.1 Å². The molecule has 8 heteroatoms. The van der Waals surface area contributed by atoms with E-state index in [1.807, 2.05) is 37.3 Å². The molecule has 1 aliphatic rings. The lowest BCUT2D eigenvalue weighted by molar-refractivity contribution is 0.0476. The summed E-state index contributed by atoms with van der Waals surface area (Å²) in [7, 11) is 0. The summed E-state index contributed by atoms with van der Waals surface area (Å²) in [4.78, 5) is 37.6. The Morgan fingerprint density at radius 3 is 2.60 bits per heavy atom. The minimum Gasteiger partial charge on any atom is -0.461 e. The molecule has 0 spiro atoms. The Kier molecular flexibility index (Phi) is 5.22. The van der Waals surface area contributed by atoms with Gasteiger partial charge in [-0.1, -0.05) is 42.4 Å². The lowest BCUT2D eigenvalue weighted by Gasteiger charge is -2.05. The zero-order valence-electron chi connectivity index (χ0n) is 16.5. The molecule has 0 radical (unpaired) electrons. The first-order valence-corrected chi connectivity index (χ1v) is 9.77. The molecule has 0 saturated heterocycles. The number of primary amides is 1. The van der Waals surface area contributed by atoms with Crippen LogP contribution in [0.25, 0.3) is 11.3 Å². The van der Waals surface area contributed by atoms with Crippen molar-refractivity contribution >= 4 is 17.8 Å². The number of aryl methyl sites for hydroxylation is 1. The van der Waals surface area contributed by atoms with Gasteiger partial charge in [0.15, 0.2) is 5.78 Å². The summed E-state index contributed by atoms with van der Waals surface area (Å²) >= 11 is 0. The second kappa shape index (κ2) is 7.98. The maximum Gasteiger partial charge on any atom is 0.355 e. The van der Waals surface area contributed by atoms with Crippen molar-refractivity contribution in [3.05, 3.63) is 65.2 Å². The Hall–Kier alpha value is -3.68. The van der Waals surface area contributed by atoms with Gasteiger partial charge < -0.3 is 15.0 Å². The minimum atomic E-state index is -0.878. The van der Waals surface area contributed by atoms with Crippen LogP contribution in [0.3, 0.4) is 0 Å². The Balaban J connectivity index is 1.71. The van der Waals surface area contributed by atoms with Crippen molar-refractivity contribution in [3.63, 3.8) is 0 Å². The molecule has 30 heavy (non-hydrogen) atoms. The maximum absolute atomic E-state index is 13.4. The fraction of sp³-hybridized carbons (Fsp3) is 0.273. The molecule has 154 valence electrons. The SMILES string of the molecule is CCc1onc(-c2ccccc2)c1C(=O)c1cc(C(=O)OCC2CC2)n(C(N)=O)c1. The molecule has 1 fully saturated rings. The molecule has 3 aromatic rings. The van der Waals surface area contributed by atoms with Gasteiger partial charge in [-0.05, 0) is 24.8 Å². The van der Waals surface area contributed by atoms with E-state index >= 15 is 0 Å². The van der Waals surface area contributed by atoms with Gasteiger partial charge in [0, 0.05) is 23.7 Å². The van der Waals surface area contributed by atoms with Gasteiger partial charge in [-0.15, -0.1) is 0 Å². The molecular formula is C22H21N3O5. The van der Waals surface area contributed by atoms with E-state index in [2.05, 4.69) is 5.16 Å². The summed E-state index contributed by atoms with van der Waals surface area (Å²) in [5, 5.41) is 4.07. The average molecular weight is 407 g/mol. The Morgan fingerprint density at radius 2 is 1.97 bits per heavy atom. The number of carbonyl (C=O) groups excluding carboxylic acids is 3. The van der Waals surface area contributed by atoms with Crippen LogP contribution in [-0.2, 0) is 11.2 Å². The molecule has 0 atom stereocenters. The molecule has 1 saturated carbocycles. The Morgan fingerprint density at radius 1 is 1.23 bits per heavy atom. The van der Waals surface area contributed by atoms with E-state index in [1.54, 1.807) is 0 Å². The van der Waals surface area contributed by atoms with Crippen molar-refractivity contribution in [3.8, 4) is 11.3 Å². The van der Waals surface area contributed by atoms with Crippen LogP contribution in [0, 0.1) is 5.92 Å². The number of hydrogen-bond donors (Lipinski definition) is 1. The number of amides is 1. The topological polar surface area (TPSA) is 117 Å². The van der Waals surface area contributed by atoms with Crippen LogP contribution in [0.4, 0.5) is 4.79 Å². The monoisotopic (exact) mass is 407 g/mol. The van der Waals surface area contributed by atoms with Gasteiger partial charge in [0.05, 0.1) is 12.2 Å². The predicted molar refractivity (Wildman–Crippen MR) is 107 cm³/mol. The Labute approximate surface area is 172 Å². The molecule has 0 unspecified atom stereocenters. The first-order chi connectivity index (χ1) is 14.5. The molecule has 0 bridgehead atoms. The molecular weight excluding hydrogens is 386 g/mol. The summed E-state index contributed by atoms with van der Waals surface area (Å²) in [6, 6.07) is 9.62. The van der Waals surface area contributed by atoms with Crippen molar-refractivity contribution in [2.45, 2.75) is 26.2 Å². The molecule has 1 aromatic carbocycles. The molecule has 1 aliphatic carbocycles. The first kappa shape index (κ1) is 19.6. The molecule has 1 amide bonds. The highest BCUT2D eigenvalue weighted by Crippen LogP contribution is 2.30. The van der Waals surface area contributed by atoms with Gasteiger partial charge in [0.1, 0.15) is 17.1 Å². The summed E-state index contributed by atoms with van der Waals surface area (Å²) in [6.45, 7) is 2.14. The number of ketones is 1. The molecule has 8 nitrogen and oxygen atoms in total. The number of benzene rings is 1. The largest absolute Gasteiger partial charge is 0.461 e. The van der Waals surface area contributed by atoms with E-state index in [-0.39, 0.29) is 17.9 Å². The fourth-order valence-electron chi connectivity index (χ4n) is 3.22. The van der Waals surface area contributed by atoms with Gasteiger partial charge >= 0.3 is 12.0 Å². The molecule has 0 aliphatic heterocycles. The molecule has 2 N–H and O–H groups in total. The van der Waals surface area contributed by atoms with Crippen molar-refractivity contribution in [1.82, 2.24) is 9.72 Å². The minimum absolute atomic E-state index is 0.0812. The number of nitrogens with two attached hydrogens (primary N) is 1. The average Bonchev–Trinajstić information content (AvgIpc) is 3.31. The standard InChI is InChI=1S/C22H21N3O5/c1-2-17-18(19(24-30-17)14-6-4-3-5-7-14)20(26)15-10-16(25(11-15)22(23)28)21(27)29-12-13-8-9-13/h3-7,10-11,13H,2,8-9,12H2,1H3,(H2,23,28). The second-order valence-corrected chi connectivity index (χ2v) is 7.24. The van der Waals surface area contributed by atoms with Crippen molar-refractivity contribution in [2.24, 2.45) is 11.7 Å². The Bertz CT molecular complexity index is 1110. The van der Waals surface area contributed by atoms with Gasteiger partial charge in [-0.3, -0.25) is 9.36 Å². The summed E-state index contributed by atoms with van der Waals surface area (Å²) in [5.74, 6) is -0.319. The van der Waals surface area contributed by atoms with Crippen molar-refractivity contribution in [1.29, 1.82) is 0 Å². The second-order valence-electron chi connectivity index (χ2n) is 7.24. The fourth-order valence-corrected chi connectivity index (χ4v) is 3.22. The summed E-state index contributed by atoms with van der Waals surface area (Å²) < 4.78 is 11.6. The zero-order chi connectivity index (χ0) is 21.3. The molecule has 2 aromatic heterocycles. The number of ether oxygens (including phenoxy) is 1. The number of esters is 1. The highest BCUT2D eigenvalue weighted by molar-refractivity contribution is 6.14. The van der Waals surface area contributed by atoms with Gasteiger partial charge in [-0.25, -0.2) is 9.59 Å². The van der Waals surface area contributed by atoms with Crippen LogP contribution in [0.5, 0.6) is 0 Å².